The van der Waals surface area contributed by atoms with E-state index in [9.17, 15) is 0 Å². The van der Waals surface area contributed by atoms with Gasteiger partial charge in [-0.25, -0.2) is 0 Å². The number of allylic oxidation sites excluding steroid dienone is 2. The van der Waals surface area contributed by atoms with Gasteiger partial charge in [-0.1, -0.05) is 0 Å². The number of benzene rings is 4. The molecule has 4 aromatic rings. The predicted molar refractivity (Wildman–Crippen MR) is 212 cm³/mol. The molecule has 0 N–H and O–H groups in total. The number of rotatable bonds is 11. The fraction of sp³-hybridized carbons (Fsp3) is 0.364. The number of unbranched alkanes of at least 4 members (excludes halogenated alkanes) is 3. The Morgan fingerprint density at radius 1 is 0.729 bits per heavy atom. The van der Waals surface area contributed by atoms with Crippen LogP contribution < -0.4 is 3.27 Å². The Morgan fingerprint density at radius 3 is 2.17 bits per heavy atom. The van der Waals surface area contributed by atoms with Gasteiger partial charge in [0, 0.05) is 0 Å². The molecule has 3 aliphatic carbocycles. The standard InChI is InChI=1S/C27H33.C9H7.C6H5.C2H7Si.2ClH.Zr/c1-2-3-4-6-10-21-19-25-13-9-14-26(27(25)20-21)24-17-15-23(16-18-24)22-11-7-5-8-12-22;1-2-5-9-7-3-6-8(9)4-1;1-2-4-6-5-3-1;1-3-2;;;/h9,13-20,22H,2-8,10-12H2,1H3;1-7H;1-5H;3H,1-2H3;2*1H;/q;;;;;;+2/p-2. The molecule has 1 saturated carbocycles. The summed E-state index contributed by atoms with van der Waals surface area (Å²) >= 11 is -5.78. The molecule has 0 saturated heterocycles. The van der Waals surface area contributed by atoms with Gasteiger partial charge in [-0.05, 0) is 0 Å². The van der Waals surface area contributed by atoms with Crippen molar-refractivity contribution in [2.75, 3.05) is 0 Å². The first-order valence-electron chi connectivity index (χ1n) is 18.8. The first kappa shape index (κ1) is 34.5. The maximum atomic E-state index is 9.16. The van der Waals surface area contributed by atoms with Gasteiger partial charge in [0.1, 0.15) is 0 Å². The quantitative estimate of drug-likeness (QED) is 0.105. The van der Waals surface area contributed by atoms with Crippen LogP contribution in [0.2, 0.25) is 13.1 Å². The van der Waals surface area contributed by atoms with Crippen molar-refractivity contribution in [3.8, 4) is 11.1 Å². The summed E-state index contributed by atoms with van der Waals surface area (Å²) in [5.41, 5.74) is 10.9. The van der Waals surface area contributed by atoms with Crippen LogP contribution in [0.5, 0.6) is 0 Å². The minimum absolute atomic E-state index is 0.00231. The number of hydrogen-bond donors (Lipinski definition) is 0. The maximum absolute atomic E-state index is 9.16. The van der Waals surface area contributed by atoms with E-state index in [1.165, 1.54) is 106 Å². The first-order valence-corrected chi connectivity index (χ1v) is 36.3. The third-order valence-corrected chi connectivity index (χ3v) is 80.1. The van der Waals surface area contributed by atoms with E-state index in [0.717, 1.165) is 6.42 Å². The molecule has 0 radical (unpaired) electrons. The van der Waals surface area contributed by atoms with Crippen molar-refractivity contribution < 1.29 is 14.1 Å². The molecule has 2 unspecified atom stereocenters. The molecule has 0 aliphatic heterocycles. The van der Waals surface area contributed by atoms with Crippen LogP contribution in [-0.4, -0.2) is 5.92 Å². The number of halogens is 2. The van der Waals surface area contributed by atoms with Gasteiger partial charge in [0.05, 0.1) is 0 Å². The first-order chi connectivity index (χ1) is 23.2. The monoisotopic (exact) mass is 768 g/mol. The van der Waals surface area contributed by atoms with Crippen LogP contribution in [0.3, 0.4) is 0 Å². The van der Waals surface area contributed by atoms with Crippen LogP contribution in [0.4, 0.5) is 0 Å². The molecule has 0 amide bonds. The van der Waals surface area contributed by atoms with Crippen LogP contribution >= 0.6 is 17.0 Å². The summed E-state index contributed by atoms with van der Waals surface area (Å²) in [6.45, 7) is 7.24. The van der Waals surface area contributed by atoms with E-state index in [0.29, 0.717) is 5.92 Å². The fourth-order valence-electron chi connectivity index (χ4n) is 10.1. The second kappa shape index (κ2) is 13.3. The zero-order valence-corrected chi connectivity index (χ0v) is 34.2. The van der Waals surface area contributed by atoms with Crippen molar-refractivity contribution in [1.82, 2.24) is 0 Å². The summed E-state index contributed by atoms with van der Waals surface area (Å²) < 4.78 is 1.23. The Kier molecular flexibility index (Phi) is 9.56. The number of fused-ring (bicyclic) bond motifs is 2. The Hall–Kier alpha value is -1.96. The van der Waals surface area contributed by atoms with Crippen molar-refractivity contribution in [1.29, 1.82) is 0 Å². The topological polar surface area (TPSA) is 0 Å². The van der Waals surface area contributed by atoms with Gasteiger partial charge in [-0.3, -0.25) is 0 Å². The molecule has 0 heterocycles. The summed E-state index contributed by atoms with van der Waals surface area (Å²) in [7, 11) is 18.3. The molecule has 0 nitrogen and oxygen atoms in total. The molecule has 2 atom stereocenters. The minimum atomic E-state index is -5.78. The molecule has 0 aromatic heterocycles. The summed E-state index contributed by atoms with van der Waals surface area (Å²) in [5.74, 6) is -1.15. The molecule has 3 aliphatic rings. The van der Waals surface area contributed by atoms with Gasteiger partial charge in [-0.2, -0.15) is 0 Å². The molecule has 250 valence electrons. The zero-order chi connectivity index (χ0) is 33.4. The third-order valence-electron chi connectivity index (χ3n) is 12.9. The van der Waals surface area contributed by atoms with Crippen molar-refractivity contribution in [2.24, 2.45) is 0 Å². The van der Waals surface area contributed by atoms with Crippen molar-refractivity contribution in [3.63, 3.8) is 0 Å². The molecule has 4 aromatic carbocycles. The Morgan fingerprint density at radius 2 is 1.44 bits per heavy atom. The van der Waals surface area contributed by atoms with Crippen molar-refractivity contribution in [2.45, 2.75) is 97.4 Å². The average molecular weight is 771 g/mol. The van der Waals surface area contributed by atoms with E-state index in [2.05, 4.69) is 135 Å². The van der Waals surface area contributed by atoms with Gasteiger partial charge in [0.2, 0.25) is 0 Å². The summed E-state index contributed by atoms with van der Waals surface area (Å²) in [5, 5.41) is 0. The van der Waals surface area contributed by atoms with E-state index in [1.54, 1.807) is 0 Å². The van der Waals surface area contributed by atoms with E-state index in [-0.39, 0.29) is 7.25 Å². The summed E-state index contributed by atoms with van der Waals surface area (Å²) in [4.78, 5) is 0. The van der Waals surface area contributed by atoms with E-state index in [1.807, 2.05) is 0 Å². The Labute approximate surface area is 295 Å². The molecular weight excluding hydrogens is 719 g/mol. The molecular formula is C44H52Cl2SiZr. The molecule has 0 spiro atoms. The van der Waals surface area contributed by atoms with Gasteiger partial charge >= 0.3 is 297 Å². The second-order valence-electron chi connectivity index (χ2n) is 15.6. The van der Waals surface area contributed by atoms with Crippen LogP contribution in [0.25, 0.3) is 23.3 Å². The van der Waals surface area contributed by atoms with Crippen molar-refractivity contribution in [3.05, 3.63) is 137 Å². The second-order valence-corrected chi connectivity index (χ2v) is 66.6. The molecule has 0 bridgehead atoms. The van der Waals surface area contributed by atoms with Crippen LogP contribution in [-0.2, 0) is 14.1 Å². The number of hydrogen-bond acceptors (Lipinski definition) is 0. The SMILES string of the molecule is CCCCCCC1=Cc2c(-c3ccc(C4CCCCC4)cc3)cccc2[CH]1[Zr]([Cl])([Cl])([c]1ccccc1)([CH]1C=Cc2ccccc21)[SiH](C)C. The summed E-state index contributed by atoms with van der Waals surface area (Å²) in [6, 6.07) is 36.6. The van der Waals surface area contributed by atoms with E-state index >= 15 is 0 Å². The third kappa shape index (κ3) is 5.30. The molecule has 4 heteroatoms. The molecule has 7 rings (SSSR count). The fourth-order valence-corrected chi connectivity index (χ4v) is 53.5. The normalized spacial score (nSPS) is 20.7. The Balaban J connectivity index is 1.45. The molecule has 1 fully saturated rings. The van der Waals surface area contributed by atoms with Crippen LogP contribution in [0.1, 0.15) is 112 Å². The zero-order valence-electron chi connectivity index (χ0n) is 29.1. The van der Waals surface area contributed by atoms with Gasteiger partial charge in [-0.15, -0.1) is 0 Å². The predicted octanol–water partition coefficient (Wildman–Crippen LogP) is 13.4. The summed E-state index contributed by atoms with van der Waals surface area (Å²) in [6.07, 6.45) is 20.0. The van der Waals surface area contributed by atoms with Gasteiger partial charge in [0.15, 0.2) is 0 Å². The van der Waals surface area contributed by atoms with Crippen LogP contribution in [0.15, 0.2) is 109 Å². The van der Waals surface area contributed by atoms with Gasteiger partial charge < -0.3 is 0 Å². The van der Waals surface area contributed by atoms with Crippen molar-refractivity contribution >= 4 is 38.4 Å². The Bertz CT molecular complexity index is 1850. The van der Waals surface area contributed by atoms with E-state index < -0.39 is 20.0 Å². The molecule has 48 heavy (non-hydrogen) atoms. The average Bonchev–Trinajstić information content (AvgIpc) is 3.75. The van der Waals surface area contributed by atoms with Gasteiger partial charge in [0.25, 0.3) is 0 Å². The van der Waals surface area contributed by atoms with E-state index in [4.69, 9.17) is 17.0 Å². The van der Waals surface area contributed by atoms with Crippen LogP contribution in [0, 0.1) is 0 Å².